The Labute approximate surface area is 315 Å². The lowest BCUT2D eigenvalue weighted by molar-refractivity contribution is -0.156. The Kier molecular flexibility index (Phi) is 17.5. The van der Waals surface area contributed by atoms with Gasteiger partial charge in [-0.05, 0) is 125 Å². The van der Waals surface area contributed by atoms with Crippen molar-refractivity contribution in [1.82, 2.24) is 4.90 Å². The molecule has 1 atom stereocenters. The van der Waals surface area contributed by atoms with E-state index in [-0.39, 0.29) is 35.7 Å². The van der Waals surface area contributed by atoms with E-state index in [4.69, 9.17) is 9.47 Å². The van der Waals surface area contributed by atoms with E-state index < -0.39 is 0 Å². The first kappa shape index (κ1) is 43.3. The van der Waals surface area contributed by atoms with Gasteiger partial charge in [-0.25, -0.2) is 0 Å². The molecule has 52 heavy (non-hydrogen) atoms. The van der Waals surface area contributed by atoms with Crippen LogP contribution in [0.2, 0.25) is 0 Å². The third-order valence-electron chi connectivity index (χ3n) is 10.7. The van der Waals surface area contributed by atoms with E-state index in [1.54, 1.807) is 0 Å². The van der Waals surface area contributed by atoms with Crippen LogP contribution in [0.1, 0.15) is 159 Å². The van der Waals surface area contributed by atoms with Crippen LogP contribution in [0.25, 0.3) is 0 Å². The maximum absolute atomic E-state index is 13.2. The molecule has 3 rings (SSSR count). The van der Waals surface area contributed by atoms with Crippen LogP contribution in [0.5, 0.6) is 11.5 Å². The minimum atomic E-state index is -0.381. The predicted octanol–water partition coefficient (Wildman–Crippen LogP) is 9.96. The topological polar surface area (TPSA) is 96.3 Å². The van der Waals surface area contributed by atoms with Crippen LogP contribution >= 0.6 is 0 Å². The largest absolute Gasteiger partial charge is 0.507 e. The van der Waals surface area contributed by atoms with Crippen LogP contribution in [0.3, 0.4) is 0 Å². The number of benzene rings is 2. The molecule has 1 radical (unpaired) electrons. The van der Waals surface area contributed by atoms with E-state index in [1.165, 1.54) is 0 Å². The second kappa shape index (κ2) is 21.0. The molecule has 0 bridgehead atoms. The van der Waals surface area contributed by atoms with Gasteiger partial charge in [-0.1, -0.05) is 77.6 Å². The van der Waals surface area contributed by atoms with E-state index in [1.807, 2.05) is 0 Å². The number of rotatable bonds is 22. The van der Waals surface area contributed by atoms with Crippen molar-refractivity contribution < 1.29 is 29.3 Å². The van der Waals surface area contributed by atoms with Crippen molar-refractivity contribution >= 4 is 11.9 Å². The first-order chi connectivity index (χ1) is 24.7. The Balaban J connectivity index is 1.53. The number of likely N-dealkylation sites (tertiary alicyclic amines) is 1. The molecule has 1 aliphatic rings. The molecular formula is C45H70NO6. The standard InChI is InChI=1S/C45H70NO6/c1-9-13-17-35-27-33(28-36(42(35)49)18-14-10-2)21-23-40(47)51-26-25-46-44(5,6)31-39(32-45(46,7)8)52-41(48)24-22-34-29-37(19-15-11-3)43(50)38(30-34)20-16-12-4/h27-31,39,49-50H,9-26,32H2,1-8H3. The summed E-state index contributed by atoms with van der Waals surface area (Å²) in [6, 6.07) is 8.26. The summed E-state index contributed by atoms with van der Waals surface area (Å²) >= 11 is 0. The molecule has 0 aliphatic carbocycles. The second-order valence-electron chi connectivity index (χ2n) is 16.2. The summed E-state index contributed by atoms with van der Waals surface area (Å²) < 4.78 is 11.8. The van der Waals surface area contributed by atoms with Crippen molar-refractivity contribution in [1.29, 1.82) is 0 Å². The minimum absolute atomic E-state index is 0.211. The normalized spacial score (nSPS) is 15.8. The van der Waals surface area contributed by atoms with Crippen LogP contribution < -0.4 is 0 Å². The Bertz CT molecular complexity index is 1350. The quantitative estimate of drug-likeness (QED) is 0.117. The highest BCUT2D eigenvalue weighted by molar-refractivity contribution is 5.70. The summed E-state index contributed by atoms with van der Waals surface area (Å²) in [6.45, 7) is 18.1. The molecule has 7 nitrogen and oxygen atoms in total. The summed E-state index contributed by atoms with van der Waals surface area (Å²) in [6.07, 6.45) is 15.9. The van der Waals surface area contributed by atoms with Crippen LogP contribution in [0, 0.1) is 6.42 Å². The smallest absolute Gasteiger partial charge is 0.306 e. The Morgan fingerprint density at radius 3 is 1.46 bits per heavy atom. The second-order valence-corrected chi connectivity index (χ2v) is 16.2. The number of phenolic OH excluding ortho intramolecular Hbond substituents is 2. The van der Waals surface area contributed by atoms with Gasteiger partial charge in [0.2, 0.25) is 0 Å². The maximum Gasteiger partial charge on any atom is 0.306 e. The molecule has 0 aromatic heterocycles. The van der Waals surface area contributed by atoms with E-state index in [2.05, 4.69) is 91.0 Å². The van der Waals surface area contributed by atoms with Crippen molar-refractivity contribution in [2.45, 2.75) is 182 Å². The van der Waals surface area contributed by atoms with Gasteiger partial charge in [-0.15, -0.1) is 0 Å². The van der Waals surface area contributed by atoms with Crippen molar-refractivity contribution in [3.8, 4) is 11.5 Å². The number of piperidine rings is 1. The van der Waals surface area contributed by atoms with Gasteiger partial charge >= 0.3 is 11.9 Å². The van der Waals surface area contributed by atoms with Gasteiger partial charge in [-0.2, -0.15) is 0 Å². The molecule has 2 aromatic carbocycles. The number of esters is 2. The Hall–Kier alpha value is -3.06. The van der Waals surface area contributed by atoms with Crippen molar-refractivity contribution in [3.63, 3.8) is 0 Å². The fourth-order valence-corrected chi connectivity index (χ4v) is 7.88. The molecular weight excluding hydrogens is 650 g/mol. The van der Waals surface area contributed by atoms with Crippen LogP contribution in [-0.4, -0.2) is 57.4 Å². The summed E-state index contributed by atoms with van der Waals surface area (Å²) in [5.74, 6) is 0.424. The number of aryl methyl sites for hydroxylation is 6. The summed E-state index contributed by atoms with van der Waals surface area (Å²) in [5, 5.41) is 21.7. The molecule has 7 heteroatoms. The van der Waals surface area contributed by atoms with Gasteiger partial charge in [0, 0.05) is 43.3 Å². The number of ether oxygens (including phenoxy) is 2. The van der Waals surface area contributed by atoms with E-state index in [0.29, 0.717) is 50.1 Å². The van der Waals surface area contributed by atoms with Gasteiger partial charge in [0.25, 0.3) is 0 Å². The van der Waals surface area contributed by atoms with Gasteiger partial charge in [0.1, 0.15) is 24.2 Å². The number of nitrogens with zero attached hydrogens (tertiary/aromatic N) is 1. The molecule has 0 amide bonds. The van der Waals surface area contributed by atoms with Gasteiger partial charge in [-0.3, -0.25) is 14.5 Å². The van der Waals surface area contributed by atoms with Gasteiger partial charge in [0.05, 0.1) is 0 Å². The first-order valence-electron chi connectivity index (χ1n) is 20.4. The number of hydrogen-bond donors (Lipinski definition) is 2. The third-order valence-corrected chi connectivity index (χ3v) is 10.7. The monoisotopic (exact) mass is 721 g/mol. The van der Waals surface area contributed by atoms with Crippen LogP contribution in [0.15, 0.2) is 24.3 Å². The molecule has 0 spiro atoms. The molecule has 2 N–H and O–H groups in total. The summed E-state index contributed by atoms with van der Waals surface area (Å²) in [4.78, 5) is 28.4. The Morgan fingerprint density at radius 1 is 0.673 bits per heavy atom. The molecule has 0 saturated carbocycles. The zero-order valence-corrected chi connectivity index (χ0v) is 33.9. The molecule has 1 aliphatic heterocycles. The lowest BCUT2D eigenvalue weighted by Crippen LogP contribution is -2.63. The molecule has 1 fully saturated rings. The molecule has 291 valence electrons. The number of phenols is 2. The van der Waals surface area contributed by atoms with Crippen molar-refractivity contribution in [3.05, 3.63) is 64.1 Å². The number of aromatic hydroxyl groups is 2. The highest BCUT2D eigenvalue weighted by atomic mass is 16.5. The summed E-state index contributed by atoms with van der Waals surface area (Å²) in [5.41, 5.74) is 5.43. The minimum Gasteiger partial charge on any atom is -0.507 e. The SMILES string of the molecule is CCCCc1cc(CCC(=O)OCCN2C(C)(C)[CH]C(OC(=O)CCc3cc(CCCC)c(O)c(CCCC)c3)CC2(C)C)cc(CCCC)c1O. The maximum atomic E-state index is 13.2. The average Bonchev–Trinajstić information content (AvgIpc) is 3.09. The lowest BCUT2D eigenvalue weighted by Gasteiger charge is -2.54. The Morgan fingerprint density at radius 2 is 1.08 bits per heavy atom. The van der Waals surface area contributed by atoms with E-state index in [0.717, 1.165) is 110 Å². The zero-order chi connectivity index (χ0) is 38.3. The number of carbonyl (C=O) groups excluding carboxylic acids is 2. The number of carbonyl (C=O) groups is 2. The zero-order valence-electron chi connectivity index (χ0n) is 33.9. The lowest BCUT2D eigenvalue weighted by atomic mass is 9.78. The third kappa shape index (κ3) is 13.1. The highest BCUT2D eigenvalue weighted by Crippen LogP contribution is 2.39. The van der Waals surface area contributed by atoms with Crippen LogP contribution in [-0.2, 0) is 57.6 Å². The number of hydrogen-bond acceptors (Lipinski definition) is 7. The van der Waals surface area contributed by atoms with Gasteiger partial charge < -0.3 is 19.7 Å². The predicted molar refractivity (Wildman–Crippen MR) is 212 cm³/mol. The molecule has 1 heterocycles. The van der Waals surface area contributed by atoms with E-state index in [9.17, 15) is 19.8 Å². The van der Waals surface area contributed by atoms with Gasteiger partial charge in [0.15, 0.2) is 0 Å². The molecule has 2 aromatic rings. The molecule has 1 unspecified atom stereocenters. The van der Waals surface area contributed by atoms with Crippen LogP contribution in [0.4, 0.5) is 0 Å². The highest BCUT2D eigenvalue weighted by Gasteiger charge is 2.46. The fraction of sp³-hybridized carbons (Fsp3) is 0.667. The van der Waals surface area contributed by atoms with Crippen molar-refractivity contribution in [2.75, 3.05) is 13.2 Å². The fourth-order valence-electron chi connectivity index (χ4n) is 7.88. The molecule has 1 saturated heterocycles. The summed E-state index contributed by atoms with van der Waals surface area (Å²) in [7, 11) is 0. The first-order valence-corrected chi connectivity index (χ1v) is 20.4. The van der Waals surface area contributed by atoms with Crippen molar-refractivity contribution in [2.24, 2.45) is 0 Å². The number of unbranched alkanes of at least 4 members (excludes halogenated alkanes) is 4. The average molecular weight is 721 g/mol. The van der Waals surface area contributed by atoms with E-state index >= 15 is 0 Å².